The first-order valence-corrected chi connectivity index (χ1v) is 21.2. The largest absolute Gasteiger partial charge is 0.494 e. The summed E-state index contributed by atoms with van der Waals surface area (Å²) in [6.45, 7) is 6.14. The highest BCUT2D eigenvalue weighted by Crippen LogP contribution is 2.49. The maximum absolute atomic E-state index is 6.23. The van der Waals surface area contributed by atoms with Crippen molar-refractivity contribution < 1.29 is 9.47 Å². The number of benzene rings is 4. The van der Waals surface area contributed by atoms with Crippen LogP contribution in [0.1, 0.15) is 165 Å². The van der Waals surface area contributed by atoms with Crippen LogP contribution in [0.15, 0.2) is 97.1 Å². The third-order valence-corrected chi connectivity index (χ3v) is 10.8. The molecule has 0 unspecified atom stereocenters. The Balaban J connectivity index is 1.20. The van der Waals surface area contributed by atoms with Crippen molar-refractivity contribution in [2.75, 3.05) is 13.2 Å². The molecule has 0 amide bonds. The molecule has 0 bridgehead atoms. The van der Waals surface area contributed by atoms with Crippen LogP contribution in [-0.2, 0) is 0 Å². The number of unbranched alkanes of at least 4 members (excludes halogenated alkanes) is 18. The topological polar surface area (TPSA) is 18.5 Å². The molecule has 2 heteroatoms. The van der Waals surface area contributed by atoms with Gasteiger partial charge >= 0.3 is 0 Å². The van der Waals surface area contributed by atoms with E-state index < -0.39 is 0 Å². The summed E-state index contributed by atoms with van der Waals surface area (Å²) >= 11 is 0. The molecule has 0 fully saturated rings. The van der Waals surface area contributed by atoms with Crippen molar-refractivity contribution in [3.8, 4) is 22.6 Å². The number of ether oxygens (including phenoxy) is 2. The van der Waals surface area contributed by atoms with Gasteiger partial charge in [-0.05, 0) is 81.6 Å². The van der Waals surface area contributed by atoms with E-state index in [2.05, 4.69) is 111 Å². The van der Waals surface area contributed by atoms with Gasteiger partial charge in [0.25, 0.3) is 0 Å². The highest BCUT2D eigenvalue weighted by Gasteiger charge is 2.26. The monoisotopic (exact) mass is 699 g/mol. The van der Waals surface area contributed by atoms with Gasteiger partial charge in [-0.15, -0.1) is 0 Å². The normalized spacial score (nSPS) is 11.8. The Morgan fingerprint density at radius 2 is 0.654 bits per heavy atom. The molecule has 1 aliphatic carbocycles. The smallest absolute Gasteiger partial charge is 0.119 e. The Hall–Kier alpha value is -3.78. The van der Waals surface area contributed by atoms with Crippen LogP contribution in [0.25, 0.3) is 22.3 Å². The van der Waals surface area contributed by atoms with Gasteiger partial charge in [0.05, 0.1) is 13.2 Å². The van der Waals surface area contributed by atoms with Crippen LogP contribution in [0.3, 0.4) is 0 Å². The van der Waals surface area contributed by atoms with Crippen LogP contribution < -0.4 is 9.47 Å². The van der Waals surface area contributed by atoms with E-state index in [1.165, 1.54) is 160 Å². The molecule has 0 saturated carbocycles. The summed E-state index contributed by atoms with van der Waals surface area (Å²) in [6.07, 6.45) is 26.7. The van der Waals surface area contributed by atoms with E-state index in [1.54, 1.807) is 0 Å². The Morgan fingerprint density at radius 1 is 0.346 bits per heavy atom. The Kier molecular flexibility index (Phi) is 17.4. The van der Waals surface area contributed by atoms with E-state index in [-0.39, 0.29) is 0 Å². The predicted octanol–water partition coefficient (Wildman–Crippen LogP) is 15.3. The fourth-order valence-corrected chi connectivity index (χ4v) is 7.74. The van der Waals surface area contributed by atoms with E-state index in [0.29, 0.717) is 0 Å². The number of rotatable bonds is 26. The molecule has 0 N–H and O–H groups in total. The van der Waals surface area contributed by atoms with Gasteiger partial charge in [0.15, 0.2) is 0 Å². The fraction of sp³-hybridized carbons (Fsp3) is 0.480. The molecule has 0 saturated heterocycles. The molecule has 0 radical (unpaired) electrons. The van der Waals surface area contributed by atoms with Crippen molar-refractivity contribution in [3.63, 3.8) is 0 Å². The van der Waals surface area contributed by atoms with Gasteiger partial charge < -0.3 is 9.47 Å². The molecule has 4 aromatic rings. The summed E-state index contributed by atoms with van der Waals surface area (Å²) < 4.78 is 12.5. The summed E-state index contributed by atoms with van der Waals surface area (Å²) in [6, 6.07) is 35.3. The van der Waals surface area contributed by atoms with Crippen molar-refractivity contribution in [1.82, 2.24) is 0 Å². The van der Waals surface area contributed by atoms with Gasteiger partial charge in [0.2, 0.25) is 0 Å². The molecule has 4 aromatic carbocycles. The van der Waals surface area contributed by atoms with Crippen molar-refractivity contribution in [1.29, 1.82) is 0 Å². The van der Waals surface area contributed by atoms with Gasteiger partial charge in [-0.1, -0.05) is 202 Å². The van der Waals surface area contributed by atoms with Crippen LogP contribution >= 0.6 is 0 Å². The van der Waals surface area contributed by atoms with Gasteiger partial charge in [-0.25, -0.2) is 0 Å². The number of hydrogen-bond acceptors (Lipinski definition) is 2. The van der Waals surface area contributed by atoms with Crippen LogP contribution in [0, 0.1) is 0 Å². The third kappa shape index (κ3) is 12.1. The quantitative estimate of drug-likeness (QED) is 0.0535. The maximum Gasteiger partial charge on any atom is 0.119 e. The van der Waals surface area contributed by atoms with Crippen LogP contribution in [0.2, 0.25) is 0 Å². The highest BCUT2D eigenvalue weighted by atomic mass is 16.5. The van der Waals surface area contributed by atoms with Crippen molar-refractivity contribution in [2.24, 2.45) is 0 Å². The SMILES string of the molecule is CCCCCCCCCCCCOc1ccc(C(=C2c3ccccc3-c3ccccc32)c2ccc(OCCCCCCCCCCCC)cc2)cc1. The first-order chi connectivity index (χ1) is 25.8. The van der Waals surface area contributed by atoms with E-state index in [1.807, 2.05) is 0 Å². The Bertz CT molecular complexity index is 1480. The standard InChI is InChI=1S/C50H66O2/c1-3-5-7-9-11-13-15-17-19-25-39-51-43-35-31-41(32-36-43)49(50-47-29-23-21-27-45(47)46-28-22-24-30-48(46)50)42-33-37-44(38-34-42)52-40-26-20-18-16-14-12-10-8-6-4-2/h21-24,27-38H,3-20,25-26,39-40H2,1-2H3. The molecule has 0 spiro atoms. The molecule has 0 aliphatic heterocycles. The zero-order chi connectivity index (χ0) is 36.1. The molecule has 0 atom stereocenters. The minimum atomic E-state index is 0.783. The van der Waals surface area contributed by atoms with E-state index >= 15 is 0 Å². The minimum absolute atomic E-state index is 0.783. The summed E-state index contributed by atoms with van der Waals surface area (Å²) in [5.74, 6) is 1.90. The van der Waals surface area contributed by atoms with Gasteiger partial charge in [0, 0.05) is 0 Å². The third-order valence-electron chi connectivity index (χ3n) is 10.8. The summed E-state index contributed by atoms with van der Waals surface area (Å²) in [5, 5.41) is 0. The summed E-state index contributed by atoms with van der Waals surface area (Å²) in [4.78, 5) is 0. The van der Waals surface area contributed by atoms with Crippen LogP contribution in [0.5, 0.6) is 11.5 Å². The first kappa shape index (κ1) is 39.4. The molecule has 1 aliphatic rings. The Morgan fingerprint density at radius 3 is 1.00 bits per heavy atom. The lowest BCUT2D eigenvalue weighted by molar-refractivity contribution is 0.304. The Labute approximate surface area is 317 Å². The fourth-order valence-electron chi connectivity index (χ4n) is 7.74. The first-order valence-electron chi connectivity index (χ1n) is 21.2. The van der Waals surface area contributed by atoms with E-state index in [9.17, 15) is 0 Å². The molecular weight excluding hydrogens is 633 g/mol. The van der Waals surface area contributed by atoms with Crippen LogP contribution in [0.4, 0.5) is 0 Å². The zero-order valence-corrected chi connectivity index (χ0v) is 32.6. The molecule has 278 valence electrons. The molecule has 0 aromatic heterocycles. The van der Waals surface area contributed by atoms with Crippen molar-refractivity contribution >= 4 is 11.1 Å². The highest BCUT2D eigenvalue weighted by molar-refractivity contribution is 6.13. The number of fused-ring (bicyclic) bond motifs is 3. The lowest BCUT2D eigenvalue weighted by Crippen LogP contribution is -1.99. The molecule has 0 heterocycles. The van der Waals surface area contributed by atoms with Crippen molar-refractivity contribution in [3.05, 3.63) is 119 Å². The molecule has 5 rings (SSSR count). The van der Waals surface area contributed by atoms with E-state index in [0.717, 1.165) is 37.6 Å². The average molecular weight is 699 g/mol. The average Bonchev–Trinajstić information content (AvgIpc) is 3.51. The minimum Gasteiger partial charge on any atom is -0.494 e. The molecule has 52 heavy (non-hydrogen) atoms. The van der Waals surface area contributed by atoms with Gasteiger partial charge in [-0.3, -0.25) is 0 Å². The van der Waals surface area contributed by atoms with E-state index in [4.69, 9.17) is 9.47 Å². The van der Waals surface area contributed by atoms with Gasteiger partial charge in [-0.2, -0.15) is 0 Å². The summed E-state index contributed by atoms with van der Waals surface area (Å²) in [5.41, 5.74) is 10.1. The second kappa shape index (κ2) is 23.0. The maximum atomic E-state index is 6.23. The molecular formula is C50H66O2. The van der Waals surface area contributed by atoms with Crippen LogP contribution in [-0.4, -0.2) is 13.2 Å². The summed E-state index contributed by atoms with van der Waals surface area (Å²) in [7, 11) is 0. The molecule has 2 nitrogen and oxygen atoms in total. The second-order valence-corrected chi connectivity index (χ2v) is 15.0. The van der Waals surface area contributed by atoms with Crippen molar-refractivity contribution in [2.45, 2.75) is 142 Å². The van der Waals surface area contributed by atoms with Gasteiger partial charge in [0.1, 0.15) is 11.5 Å². The second-order valence-electron chi connectivity index (χ2n) is 15.0. The lowest BCUT2D eigenvalue weighted by Gasteiger charge is -2.16. The zero-order valence-electron chi connectivity index (χ0n) is 32.6. The predicted molar refractivity (Wildman–Crippen MR) is 224 cm³/mol. The number of hydrogen-bond donors (Lipinski definition) is 0. The lowest BCUT2D eigenvalue weighted by atomic mass is 9.88.